The summed E-state index contributed by atoms with van der Waals surface area (Å²) in [5.41, 5.74) is 5.29. The van der Waals surface area contributed by atoms with Gasteiger partial charge in [0.25, 0.3) is 0 Å². The number of amides is 1. The van der Waals surface area contributed by atoms with Gasteiger partial charge in [-0.3, -0.25) is 14.6 Å². The van der Waals surface area contributed by atoms with Gasteiger partial charge in [0.15, 0.2) is 0 Å². The number of benzene rings is 1. The number of rotatable bonds is 11. The Morgan fingerprint density at radius 2 is 1.79 bits per heavy atom. The molecule has 0 saturated carbocycles. The summed E-state index contributed by atoms with van der Waals surface area (Å²) < 4.78 is 15.4. The Kier molecular flexibility index (Phi) is 11.1. The van der Waals surface area contributed by atoms with E-state index in [4.69, 9.17) is 9.79 Å². The minimum Gasteiger partial charge on any atom is -0.480 e. The van der Waals surface area contributed by atoms with Crippen LogP contribution in [0.1, 0.15) is 59.4 Å². The maximum Gasteiger partial charge on any atom is 0.524 e. The number of carbonyl (C=O) groups is 2. The van der Waals surface area contributed by atoms with Crippen molar-refractivity contribution in [3.63, 3.8) is 0 Å². The van der Waals surface area contributed by atoms with Gasteiger partial charge >= 0.3 is 13.8 Å². The molecule has 4 N–H and O–H groups in total. The van der Waals surface area contributed by atoms with Crippen molar-refractivity contribution in [1.82, 2.24) is 5.32 Å². The Morgan fingerprint density at radius 1 is 1.13 bits per heavy atom. The molecule has 1 amide bonds. The van der Waals surface area contributed by atoms with Gasteiger partial charge in [-0.1, -0.05) is 67.5 Å². The van der Waals surface area contributed by atoms with E-state index in [1.165, 1.54) is 54.3 Å². The van der Waals surface area contributed by atoms with Crippen LogP contribution in [0.2, 0.25) is 0 Å². The predicted octanol–water partition coefficient (Wildman–Crippen LogP) is 5.80. The summed E-state index contributed by atoms with van der Waals surface area (Å²) in [5, 5.41) is 12.0. The van der Waals surface area contributed by atoms with Crippen LogP contribution in [0, 0.1) is 5.41 Å². The summed E-state index contributed by atoms with van der Waals surface area (Å²) >= 11 is 0. The van der Waals surface area contributed by atoms with Gasteiger partial charge in [0, 0.05) is 12.5 Å². The molecule has 2 rings (SSSR count). The number of hydrogen-bond acceptors (Lipinski definition) is 4. The fourth-order valence-corrected chi connectivity index (χ4v) is 4.76. The molecule has 0 spiro atoms. The molecule has 0 aliphatic heterocycles. The lowest BCUT2D eigenvalue weighted by Crippen LogP contribution is -2.41. The fourth-order valence-electron chi connectivity index (χ4n) is 4.36. The van der Waals surface area contributed by atoms with Crippen LogP contribution in [-0.2, 0) is 20.6 Å². The van der Waals surface area contributed by atoms with Crippen molar-refractivity contribution in [1.29, 1.82) is 0 Å². The van der Waals surface area contributed by atoms with Crippen LogP contribution in [-0.4, -0.2) is 32.8 Å². The van der Waals surface area contributed by atoms with Gasteiger partial charge in [-0.25, -0.2) is 9.36 Å². The molecule has 0 saturated heterocycles. The summed E-state index contributed by atoms with van der Waals surface area (Å²) in [5.74, 6) is -1.79. The quantitative estimate of drug-likeness (QED) is 0.157. The van der Waals surface area contributed by atoms with Gasteiger partial charge in [0.2, 0.25) is 5.91 Å². The molecular weight excluding hydrogens is 505 g/mol. The standard InChI is InChI=1S/C29H38NO7P/c1-20(11-16-25-22(3)10-7-17-29(25,4)5)8-6-9-21(2)18-27(31)30-26(28(32)33)19-23-12-14-24(15-13-23)37-38(34,35)36/h6,8-9,11-16,18,26H,7,10,17,19H2,1-5H3,(H,30,31)(H,32,33)(H2,34,35,36)/b9-6+,16-11+,20-8-,21-18-/t26-/m0/s1. The molecule has 9 heteroatoms. The molecule has 1 aromatic carbocycles. The van der Waals surface area contributed by atoms with Crippen molar-refractivity contribution >= 4 is 19.7 Å². The molecule has 0 radical (unpaired) electrons. The highest BCUT2D eigenvalue weighted by Crippen LogP contribution is 2.41. The Labute approximate surface area is 224 Å². The zero-order valence-corrected chi connectivity index (χ0v) is 23.5. The van der Waals surface area contributed by atoms with E-state index < -0.39 is 25.7 Å². The minimum absolute atomic E-state index is 0.0129. The lowest BCUT2D eigenvalue weighted by Gasteiger charge is -2.32. The van der Waals surface area contributed by atoms with Crippen molar-refractivity contribution in [3.8, 4) is 5.75 Å². The molecule has 0 unspecified atom stereocenters. The molecule has 1 aliphatic carbocycles. The van der Waals surface area contributed by atoms with Crippen LogP contribution in [0.25, 0.3) is 0 Å². The summed E-state index contributed by atoms with van der Waals surface area (Å²) in [6, 6.07) is 4.42. The highest BCUT2D eigenvalue weighted by Gasteiger charge is 2.26. The van der Waals surface area contributed by atoms with Crippen molar-refractivity contribution in [2.75, 3.05) is 0 Å². The molecule has 0 bridgehead atoms. The minimum atomic E-state index is -4.68. The van der Waals surface area contributed by atoms with Gasteiger partial charge in [-0.2, -0.15) is 0 Å². The normalized spacial score (nSPS) is 17.7. The topological polar surface area (TPSA) is 133 Å². The highest BCUT2D eigenvalue weighted by atomic mass is 31.2. The van der Waals surface area contributed by atoms with Crippen LogP contribution >= 0.6 is 7.82 Å². The second-order valence-electron chi connectivity index (χ2n) is 10.3. The van der Waals surface area contributed by atoms with Crippen LogP contribution in [0.5, 0.6) is 5.75 Å². The SMILES string of the molecule is CC1=C(/C=C/C(C)=C\C=C\C(C)=C/C(=O)N[C@@H](Cc2ccc(OP(=O)(O)O)cc2)C(=O)O)C(C)(C)CCC1. The first-order valence-corrected chi connectivity index (χ1v) is 14.0. The molecule has 8 nitrogen and oxygen atoms in total. The van der Waals surface area contributed by atoms with Crippen molar-refractivity contribution in [2.45, 2.75) is 66.3 Å². The largest absolute Gasteiger partial charge is 0.524 e. The second-order valence-corrected chi connectivity index (χ2v) is 11.4. The van der Waals surface area contributed by atoms with E-state index in [2.05, 4.69) is 42.8 Å². The molecule has 1 aromatic rings. The molecule has 0 aromatic heterocycles. The van der Waals surface area contributed by atoms with E-state index in [9.17, 15) is 19.3 Å². The molecule has 1 atom stereocenters. The van der Waals surface area contributed by atoms with Crippen LogP contribution in [0.4, 0.5) is 0 Å². The van der Waals surface area contributed by atoms with E-state index in [1.807, 2.05) is 19.1 Å². The van der Waals surface area contributed by atoms with Crippen molar-refractivity contribution in [3.05, 3.63) is 88.6 Å². The monoisotopic (exact) mass is 543 g/mol. The van der Waals surface area contributed by atoms with Crippen LogP contribution in [0.3, 0.4) is 0 Å². The average Bonchev–Trinajstić information content (AvgIpc) is 2.78. The van der Waals surface area contributed by atoms with E-state index in [-0.39, 0.29) is 17.6 Å². The Bertz CT molecular complexity index is 1210. The van der Waals surface area contributed by atoms with Crippen molar-refractivity contribution < 1.29 is 33.6 Å². The molecule has 206 valence electrons. The highest BCUT2D eigenvalue weighted by molar-refractivity contribution is 7.46. The average molecular weight is 544 g/mol. The molecule has 38 heavy (non-hydrogen) atoms. The molecular formula is C29H38NO7P. The zero-order chi connectivity index (χ0) is 28.5. The number of phosphoric ester groups is 1. The van der Waals surface area contributed by atoms with Crippen LogP contribution < -0.4 is 9.84 Å². The molecule has 0 heterocycles. The smallest absolute Gasteiger partial charge is 0.480 e. The molecule has 0 fully saturated rings. The van der Waals surface area contributed by atoms with Gasteiger partial charge in [-0.05, 0) is 74.3 Å². The second kappa shape index (κ2) is 13.6. The number of carboxylic acids is 1. The van der Waals surface area contributed by atoms with Gasteiger partial charge < -0.3 is 14.9 Å². The van der Waals surface area contributed by atoms with E-state index >= 15 is 0 Å². The van der Waals surface area contributed by atoms with E-state index in [0.717, 1.165) is 12.0 Å². The first-order valence-electron chi connectivity index (χ1n) is 12.5. The maximum atomic E-state index is 12.4. The van der Waals surface area contributed by atoms with Crippen molar-refractivity contribution in [2.24, 2.45) is 5.41 Å². The number of hydrogen-bond donors (Lipinski definition) is 4. The lowest BCUT2D eigenvalue weighted by atomic mass is 9.72. The Morgan fingerprint density at radius 3 is 2.37 bits per heavy atom. The maximum absolute atomic E-state index is 12.4. The van der Waals surface area contributed by atoms with Gasteiger partial charge in [-0.15, -0.1) is 0 Å². The summed E-state index contributed by atoms with van der Waals surface area (Å²) in [7, 11) is -4.68. The van der Waals surface area contributed by atoms with Gasteiger partial charge in [0.05, 0.1) is 0 Å². The first-order chi connectivity index (χ1) is 17.7. The number of nitrogens with one attached hydrogen (secondary N) is 1. The lowest BCUT2D eigenvalue weighted by molar-refractivity contribution is -0.141. The number of allylic oxidation sites excluding steroid dienone is 9. The summed E-state index contributed by atoms with van der Waals surface area (Å²) in [4.78, 5) is 41.8. The number of aliphatic carboxylic acids is 1. The fraction of sp³-hybridized carbons (Fsp3) is 0.379. The third kappa shape index (κ3) is 10.7. The van der Waals surface area contributed by atoms with E-state index in [1.54, 1.807) is 13.0 Å². The third-order valence-corrected chi connectivity index (χ3v) is 6.78. The third-order valence-electron chi connectivity index (χ3n) is 6.33. The number of phosphoric acid groups is 1. The van der Waals surface area contributed by atoms with E-state index in [0.29, 0.717) is 11.1 Å². The molecule has 1 aliphatic rings. The predicted molar refractivity (Wildman–Crippen MR) is 149 cm³/mol. The summed E-state index contributed by atoms with van der Waals surface area (Å²) in [6.45, 7) is 10.5. The van der Waals surface area contributed by atoms with Crippen LogP contribution in [0.15, 0.2) is 83.0 Å². The Hall–Kier alpha value is -3.19. The van der Waals surface area contributed by atoms with Gasteiger partial charge in [0.1, 0.15) is 11.8 Å². The summed E-state index contributed by atoms with van der Waals surface area (Å²) in [6.07, 6.45) is 14.8. The number of carboxylic acid groups (broad SMARTS) is 1. The first kappa shape index (κ1) is 31.0. The zero-order valence-electron chi connectivity index (χ0n) is 22.6. The Balaban J connectivity index is 1.97. The number of carbonyl (C=O) groups excluding carboxylic acids is 1.